The van der Waals surface area contributed by atoms with Gasteiger partial charge in [-0.05, 0) is 50.2 Å². The topological polar surface area (TPSA) is 33.3 Å². The summed E-state index contributed by atoms with van der Waals surface area (Å²) in [6.45, 7) is 1.99. The van der Waals surface area contributed by atoms with Gasteiger partial charge in [-0.3, -0.25) is 10.3 Å². The summed E-state index contributed by atoms with van der Waals surface area (Å²) in [5.74, 6) is -0.234. The fourth-order valence-corrected chi connectivity index (χ4v) is 1.58. The number of rotatable bonds is 3. The Labute approximate surface area is 88.6 Å². The molecule has 15 heavy (non-hydrogen) atoms. The Hall–Kier alpha value is -1.13. The highest BCUT2D eigenvalue weighted by atomic mass is 19.1. The normalized spacial score (nSPS) is 17.7. The molecule has 1 heterocycles. The third-order valence-electron chi connectivity index (χ3n) is 2.47. The lowest BCUT2D eigenvalue weighted by Gasteiger charge is -2.22. The van der Waals surface area contributed by atoms with Gasteiger partial charge in [0.15, 0.2) is 0 Å². The highest BCUT2D eigenvalue weighted by Crippen LogP contribution is 2.12. The van der Waals surface area contributed by atoms with Gasteiger partial charge in [0.25, 0.3) is 0 Å². The Balaban J connectivity index is 1.79. The third kappa shape index (κ3) is 3.18. The standard InChI is InChI=1S/C11H15FN2O/c12-9-1-3-10(4-2-9)14-15-11-5-7-13-8-6-11/h1-4,11,13-14H,5-8H2. The van der Waals surface area contributed by atoms with Crippen LogP contribution in [-0.2, 0) is 4.84 Å². The molecule has 0 aromatic heterocycles. The molecule has 0 amide bonds. The van der Waals surface area contributed by atoms with Crippen LogP contribution in [0.5, 0.6) is 0 Å². The minimum atomic E-state index is -0.234. The minimum Gasteiger partial charge on any atom is -0.317 e. The van der Waals surface area contributed by atoms with Gasteiger partial charge in [-0.25, -0.2) is 4.39 Å². The van der Waals surface area contributed by atoms with Crippen molar-refractivity contribution < 1.29 is 9.23 Å². The second kappa shape index (κ2) is 5.09. The van der Waals surface area contributed by atoms with Gasteiger partial charge in [-0.1, -0.05) is 0 Å². The molecule has 2 rings (SSSR count). The molecule has 1 aliphatic rings. The zero-order valence-electron chi connectivity index (χ0n) is 8.50. The van der Waals surface area contributed by atoms with Crippen LogP contribution in [0.25, 0.3) is 0 Å². The number of benzene rings is 1. The summed E-state index contributed by atoms with van der Waals surface area (Å²) in [4.78, 5) is 5.50. The van der Waals surface area contributed by atoms with Crippen LogP contribution < -0.4 is 10.8 Å². The monoisotopic (exact) mass is 210 g/mol. The minimum absolute atomic E-state index is 0.234. The predicted molar refractivity (Wildman–Crippen MR) is 57.0 cm³/mol. The van der Waals surface area contributed by atoms with E-state index in [1.165, 1.54) is 12.1 Å². The van der Waals surface area contributed by atoms with Gasteiger partial charge < -0.3 is 5.32 Å². The first-order chi connectivity index (χ1) is 7.34. The van der Waals surface area contributed by atoms with E-state index in [1.54, 1.807) is 12.1 Å². The molecule has 82 valence electrons. The van der Waals surface area contributed by atoms with E-state index in [0.29, 0.717) is 0 Å². The molecule has 0 unspecified atom stereocenters. The van der Waals surface area contributed by atoms with Crippen LogP contribution >= 0.6 is 0 Å². The summed E-state index contributed by atoms with van der Waals surface area (Å²) in [5, 5.41) is 3.26. The largest absolute Gasteiger partial charge is 0.317 e. The summed E-state index contributed by atoms with van der Waals surface area (Å²) in [5.41, 5.74) is 3.63. The maximum absolute atomic E-state index is 12.6. The van der Waals surface area contributed by atoms with E-state index in [-0.39, 0.29) is 11.9 Å². The van der Waals surface area contributed by atoms with E-state index in [4.69, 9.17) is 4.84 Å². The van der Waals surface area contributed by atoms with Crippen LogP contribution in [0.3, 0.4) is 0 Å². The molecule has 0 spiro atoms. The fourth-order valence-electron chi connectivity index (χ4n) is 1.58. The predicted octanol–water partition coefficient (Wildman–Crippen LogP) is 1.92. The molecule has 0 bridgehead atoms. The average molecular weight is 210 g/mol. The molecule has 0 radical (unpaired) electrons. The molecule has 3 nitrogen and oxygen atoms in total. The molecular weight excluding hydrogens is 195 g/mol. The lowest BCUT2D eigenvalue weighted by atomic mass is 10.1. The molecule has 1 saturated heterocycles. The fraction of sp³-hybridized carbons (Fsp3) is 0.455. The maximum atomic E-state index is 12.6. The van der Waals surface area contributed by atoms with Crippen molar-refractivity contribution in [2.45, 2.75) is 18.9 Å². The van der Waals surface area contributed by atoms with Crippen molar-refractivity contribution in [2.75, 3.05) is 18.6 Å². The van der Waals surface area contributed by atoms with Crippen molar-refractivity contribution in [3.05, 3.63) is 30.1 Å². The molecule has 0 saturated carbocycles. The van der Waals surface area contributed by atoms with Crippen molar-refractivity contribution in [1.29, 1.82) is 0 Å². The zero-order chi connectivity index (χ0) is 10.5. The smallest absolute Gasteiger partial charge is 0.123 e. The maximum Gasteiger partial charge on any atom is 0.123 e. The first-order valence-electron chi connectivity index (χ1n) is 5.22. The number of hydrogen-bond acceptors (Lipinski definition) is 3. The molecule has 4 heteroatoms. The van der Waals surface area contributed by atoms with E-state index < -0.39 is 0 Å². The number of anilines is 1. The second-order valence-corrected chi connectivity index (χ2v) is 3.68. The van der Waals surface area contributed by atoms with Crippen LogP contribution in [0.1, 0.15) is 12.8 Å². The lowest BCUT2D eigenvalue weighted by molar-refractivity contribution is 0.0740. The second-order valence-electron chi connectivity index (χ2n) is 3.68. The summed E-state index contributed by atoms with van der Waals surface area (Å²) in [6.07, 6.45) is 2.26. The lowest BCUT2D eigenvalue weighted by Crippen LogP contribution is -2.33. The van der Waals surface area contributed by atoms with Crippen molar-refractivity contribution in [1.82, 2.24) is 5.32 Å². The van der Waals surface area contributed by atoms with Gasteiger partial charge in [0.1, 0.15) is 5.82 Å². The highest BCUT2D eigenvalue weighted by molar-refractivity contribution is 5.40. The van der Waals surface area contributed by atoms with Crippen LogP contribution in [0.2, 0.25) is 0 Å². The van der Waals surface area contributed by atoms with E-state index in [0.717, 1.165) is 31.6 Å². The van der Waals surface area contributed by atoms with Gasteiger partial charge in [0.2, 0.25) is 0 Å². The molecule has 0 atom stereocenters. The van der Waals surface area contributed by atoms with Crippen molar-refractivity contribution in [3.8, 4) is 0 Å². The van der Waals surface area contributed by atoms with Crippen LogP contribution in [0.4, 0.5) is 10.1 Å². The van der Waals surface area contributed by atoms with Gasteiger partial charge in [-0.2, -0.15) is 0 Å². The van der Waals surface area contributed by atoms with E-state index in [2.05, 4.69) is 10.8 Å². The summed E-state index contributed by atoms with van der Waals surface area (Å²) < 4.78 is 12.6. The molecule has 1 aliphatic heterocycles. The molecule has 1 aromatic rings. The van der Waals surface area contributed by atoms with Gasteiger partial charge in [-0.15, -0.1) is 0 Å². The Morgan fingerprint density at radius 2 is 1.87 bits per heavy atom. The zero-order valence-corrected chi connectivity index (χ0v) is 8.50. The van der Waals surface area contributed by atoms with E-state index in [9.17, 15) is 4.39 Å². The van der Waals surface area contributed by atoms with Gasteiger partial charge in [0.05, 0.1) is 11.8 Å². The number of piperidine rings is 1. The quantitative estimate of drug-likeness (QED) is 0.748. The molecule has 2 N–H and O–H groups in total. The van der Waals surface area contributed by atoms with E-state index in [1.807, 2.05) is 0 Å². The SMILES string of the molecule is Fc1ccc(NOC2CCNCC2)cc1. The first-order valence-corrected chi connectivity index (χ1v) is 5.22. The summed E-state index contributed by atoms with van der Waals surface area (Å²) in [7, 11) is 0. The molecule has 1 fully saturated rings. The number of nitrogens with one attached hydrogen (secondary N) is 2. The third-order valence-corrected chi connectivity index (χ3v) is 2.47. The Bertz CT molecular complexity index is 296. The molecule has 0 aliphatic carbocycles. The number of hydrogen-bond donors (Lipinski definition) is 2. The summed E-state index contributed by atoms with van der Waals surface area (Å²) >= 11 is 0. The summed E-state index contributed by atoms with van der Waals surface area (Å²) in [6, 6.07) is 6.15. The van der Waals surface area contributed by atoms with Crippen molar-refractivity contribution >= 4 is 5.69 Å². The molecule has 1 aromatic carbocycles. The first kappa shape index (κ1) is 10.4. The van der Waals surface area contributed by atoms with Crippen LogP contribution in [-0.4, -0.2) is 19.2 Å². The van der Waals surface area contributed by atoms with Crippen LogP contribution in [0, 0.1) is 5.82 Å². The molecular formula is C11H15FN2O. The van der Waals surface area contributed by atoms with Gasteiger partial charge in [0, 0.05) is 0 Å². The average Bonchev–Trinajstić information content (AvgIpc) is 2.30. The van der Waals surface area contributed by atoms with Crippen LogP contribution in [0.15, 0.2) is 24.3 Å². The Morgan fingerprint density at radius 3 is 2.53 bits per heavy atom. The Morgan fingerprint density at radius 1 is 1.20 bits per heavy atom. The van der Waals surface area contributed by atoms with Crippen molar-refractivity contribution in [3.63, 3.8) is 0 Å². The highest BCUT2D eigenvalue weighted by Gasteiger charge is 2.13. The van der Waals surface area contributed by atoms with Gasteiger partial charge >= 0.3 is 0 Å². The van der Waals surface area contributed by atoms with E-state index >= 15 is 0 Å². The Kier molecular flexibility index (Phi) is 3.53. The van der Waals surface area contributed by atoms with Crippen molar-refractivity contribution in [2.24, 2.45) is 0 Å². The number of halogens is 1.